The third kappa shape index (κ3) is 4.74. The van der Waals surface area contributed by atoms with Gasteiger partial charge in [0, 0.05) is 16.7 Å². The van der Waals surface area contributed by atoms with E-state index in [-0.39, 0.29) is 16.6 Å². The monoisotopic (exact) mass is 446 g/mol. The van der Waals surface area contributed by atoms with Gasteiger partial charge in [-0.2, -0.15) is 13.2 Å². The standard InChI is InChI=1S/C17H11ClF4N4O2S/c1-28-15-11(19)6-10(7-23-15)25-26-14(27)12-13(17(20,21)22)24-16(29-12)8-2-4-9(18)5-3-8/h2-7,25H,1H3,(H,26,27). The van der Waals surface area contributed by atoms with E-state index in [2.05, 4.69) is 25.6 Å². The number of halogens is 5. The van der Waals surface area contributed by atoms with Crippen molar-refractivity contribution in [2.24, 2.45) is 0 Å². The van der Waals surface area contributed by atoms with Crippen LogP contribution in [0.5, 0.6) is 5.88 Å². The number of carbonyl (C=O) groups excluding carboxylic acids is 1. The van der Waals surface area contributed by atoms with Crippen LogP contribution >= 0.6 is 22.9 Å². The predicted octanol–water partition coefficient (Wildman–Crippen LogP) is 4.78. The van der Waals surface area contributed by atoms with Gasteiger partial charge in [0.2, 0.25) is 5.88 Å². The minimum absolute atomic E-state index is 0.00343. The number of alkyl halides is 3. The Hall–Kier alpha value is -2.92. The summed E-state index contributed by atoms with van der Waals surface area (Å²) in [5.41, 5.74) is 3.44. The summed E-state index contributed by atoms with van der Waals surface area (Å²) < 4.78 is 58.3. The van der Waals surface area contributed by atoms with Crippen molar-refractivity contribution < 1.29 is 27.1 Å². The Bertz CT molecular complexity index is 1040. The van der Waals surface area contributed by atoms with Gasteiger partial charge >= 0.3 is 6.18 Å². The molecule has 0 unspecified atom stereocenters. The molecule has 1 amide bonds. The summed E-state index contributed by atoms with van der Waals surface area (Å²) in [6.45, 7) is 0. The fourth-order valence-corrected chi connectivity index (χ4v) is 3.32. The second-order valence-corrected chi connectivity index (χ2v) is 6.93. The number of methoxy groups -OCH3 is 1. The molecule has 12 heteroatoms. The van der Waals surface area contributed by atoms with Gasteiger partial charge in [-0.15, -0.1) is 11.3 Å². The van der Waals surface area contributed by atoms with Crippen LogP contribution in [0.25, 0.3) is 10.6 Å². The molecule has 0 aliphatic heterocycles. The van der Waals surface area contributed by atoms with Crippen LogP contribution in [0.4, 0.5) is 23.2 Å². The van der Waals surface area contributed by atoms with Crippen LogP contribution in [-0.4, -0.2) is 23.0 Å². The van der Waals surface area contributed by atoms with E-state index in [0.29, 0.717) is 21.9 Å². The molecule has 2 N–H and O–H groups in total. The first kappa shape index (κ1) is 20.8. The summed E-state index contributed by atoms with van der Waals surface area (Å²) in [6, 6.07) is 6.94. The maximum Gasteiger partial charge on any atom is 0.435 e. The lowest BCUT2D eigenvalue weighted by Crippen LogP contribution is -2.30. The predicted molar refractivity (Wildman–Crippen MR) is 99.4 cm³/mol. The quantitative estimate of drug-likeness (QED) is 0.435. The number of ether oxygens (including phenoxy) is 1. The van der Waals surface area contributed by atoms with Gasteiger partial charge in [-0.1, -0.05) is 23.7 Å². The van der Waals surface area contributed by atoms with E-state index < -0.39 is 28.5 Å². The van der Waals surface area contributed by atoms with Crippen molar-refractivity contribution in [2.45, 2.75) is 6.18 Å². The molecular weight excluding hydrogens is 436 g/mol. The number of aromatic nitrogens is 2. The van der Waals surface area contributed by atoms with Crippen LogP contribution in [0.3, 0.4) is 0 Å². The van der Waals surface area contributed by atoms with E-state index in [0.717, 1.165) is 12.3 Å². The fourth-order valence-electron chi connectivity index (χ4n) is 2.21. The Labute approximate surface area is 170 Å². The third-order valence-corrected chi connectivity index (χ3v) is 4.87. The second kappa shape index (κ2) is 8.21. The van der Waals surface area contributed by atoms with E-state index in [4.69, 9.17) is 11.6 Å². The highest BCUT2D eigenvalue weighted by Gasteiger charge is 2.39. The van der Waals surface area contributed by atoms with Crippen molar-refractivity contribution in [1.82, 2.24) is 15.4 Å². The minimum Gasteiger partial charge on any atom is -0.479 e. The molecule has 1 aromatic carbocycles. The molecule has 29 heavy (non-hydrogen) atoms. The van der Waals surface area contributed by atoms with Crippen LogP contribution in [0.1, 0.15) is 15.4 Å². The largest absolute Gasteiger partial charge is 0.479 e. The number of hydrazine groups is 1. The van der Waals surface area contributed by atoms with Crippen molar-refractivity contribution in [3.8, 4) is 16.5 Å². The molecule has 0 bridgehead atoms. The highest BCUT2D eigenvalue weighted by atomic mass is 35.5. The number of nitrogens with zero attached hydrogens (tertiary/aromatic N) is 2. The average Bonchev–Trinajstić information content (AvgIpc) is 3.13. The van der Waals surface area contributed by atoms with Gasteiger partial charge in [0.05, 0.1) is 19.0 Å². The van der Waals surface area contributed by atoms with Crippen molar-refractivity contribution in [3.63, 3.8) is 0 Å². The van der Waals surface area contributed by atoms with Crippen LogP contribution < -0.4 is 15.6 Å². The van der Waals surface area contributed by atoms with Gasteiger partial charge in [-0.3, -0.25) is 15.6 Å². The molecule has 152 valence electrons. The summed E-state index contributed by atoms with van der Waals surface area (Å²) in [7, 11) is 1.22. The van der Waals surface area contributed by atoms with Crippen LogP contribution in [0, 0.1) is 5.82 Å². The number of hydrogen-bond donors (Lipinski definition) is 2. The molecule has 6 nitrogen and oxygen atoms in total. The van der Waals surface area contributed by atoms with Crippen molar-refractivity contribution in [2.75, 3.05) is 12.5 Å². The van der Waals surface area contributed by atoms with E-state index >= 15 is 0 Å². The molecule has 0 atom stereocenters. The number of nitrogens with one attached hydrogen (secondary N) is 2. The van der Waals surface area contributed by atoms with Gasteiger partial charge in [0.1, 0.15) is 9.88 Å². The van der Waals surface area contributed by atoms with Crippen molar-refractivity contribution in [3.05, 3.63) is 57.9 Å². The lowest BCUT2D eigenvalue weighted by molar-refractivity contribution is -0.141. The molecule has 0 fully saturated rings. The number of benzene rings is 1. The lowest BCUT2D eigenvalue weighted by Gasteiger charge is -2.10. The smallest absolute Gasteiger partial charge is 0.435 e. The molecule has 2 aromatic heterocycles. The summed E-state index contributed by atoms with van der Waals surface area (Å²) in [4.78, 5) is 18.9. The zero-order valence-corrected chi connectivity index (χ0v) is 16.0. The van der Waals surface area contributed by atoms with Gasteiger partial charge in [-0.25, -0.2) is 14.4 Å². The number of hydrogen-bond acceptors (Lipinski definition) is 6. The average molecular weight is 447 g/mol. The van der Waals surface area contributed by atoms with Crippen LogP contribution in [0.2, 0.25) is 5.02 Å². The fraction of sp³-hybridized carbons (Fsp3) is 0.118. The summed E-state index contributed by atoms with van der Waals surface area (Å²) in [5, 5.41) is 0.403. The van der Waals surface area contributed by atoms with E-state index in [1.807, 2.05) is 0 Å². The van der Waals surface area contributed by atoms with Crippen molar-refractivity contribution >= 4 is 34.5 Å². The molecule has 0 aliphatic rings. The van der Waals surface area contributed by atoms with E-state index in [1.54, 1.807) is 0 Å². The SMILES string of the molecule is COc1ncc(NNC(=O)c2sc(-c3ccc(Cl)cc3)nc2C(F)(F)F)cc1F. The highest BCUT2D eigenvalue weighted by molar-refractivity contribution is 7.17. The van der Waals surface area contributed by atoms with Gasteiger partial charge in [0.25, 0.3) is 5.91 Å². The number of pyridine rings is 1. The lowest BCUT2D eigenvalue weighted by atomic mass is 10.2. The zero-order valence-electron chi connectivity index (χ0n) is 14.5. The maximum atomic E-state index is 13.6. The molecule has 0 saturated heterocycles. The Balaban J connectivity index is 1.85. The summed E-state index contributed by atoms with van der Waals surface area (Å²) in [5.74, 6) is -2.17. The van der Waals surface area contributed by atoms with Crippen LogP contribution in [-0.2, 0) is 6.18 Å². The third-order valence-electron chi connectivity index (χ3n) is 3.51. The molecule has 2 heterocycles. The Morgan fingerprint density at radius 3 is 2.52 bits per heavy atom. The molecule has 0 aliphatic carbocycles. The first-order valence-corrected chi connectivity index (χ1v) is 8.98. The Morgan fingerprint density at radius 1 is 1.24 bits per heavy atom. The number of thiazole rings is 1. The Kier molecular flexibility index (Phi) is 5.89. The zero-order chi connectivity index (χ0) is 21.2. The first-order chi connectivity index (χ1) is 13.7. The highest BCUT2D eigenvalue weighted by Crippen LogP contribution is 2.37. The van der Waals surface area contributed by atoms with Gasteiger partial charge in [-0.05, 0) is 12.1 Å². The summed E-state index contributed by atoms with van der Waals surface area (Å²) >= 11 is 6.34. The van der Waals surface area contributed by atoms with E-state index in [1.165, 1.54) is 31.4 Å². The van der Waals surface area contributed by atoms with Gasteiger partial charge in [0.15, 0.2) is 11.5 Å². The van der Waals surface area contributed by atoms with Gasteiger partial charge < -0.3 is 4.74 Å². The molecule has 0 radical (unpaired) electrons. The number of amides is 1. The topological polar surface area (TPSA) is 76.1 Å². The van der Waals surface area contributed by atoms with Crippen LogP contribution in [0.15, 0.2) is 36.5 Å². The first-order valence-electron chi connectivity index (χ1n) is 7.79. The summed E-state index contributed by atoms with van der Waals surface area (Å²) in [6.07, 6.45) is -3.71. The second-order valence-electron chi connectivity index (χ2n) is 5.50. The van der Waals surface area contributed by atoms with Crippen molar-refractivity contribution in [1.29, 1.82) is 0 Å². The molecule has 3 rings (SSSR count). The number of anilines is 1. The van der Waals surface area contributed by atoms with E-state index in [9.17, 15) is 22.4 Å². The molecular formula is C17H11ClF4N4O2S. The Morgan fingerprint density at radius 2 is 1.93 bits per heavy atom. The normalized spacial score (nSPS) is 11.2. The number of rotatable bonds is 5. The molecule has 0 spiro atoms. The molecule has 0 saturated carbocycles. The number of carbonyl (C=O) groups is 1. The minimum atomic E-state index is -4.85. The molecule has 3 aromatic rings. The maximum absolute atomic E-state index is 13.6.